The molecule has 1 aromatic heterocycles. The zero-order valence-corrected chi connectivity index (χ0v) is 15.1. The van der Waals surface area contributed by atoms with Gasteiger partial charge in [-0.3, -0.25) is 4.90 Å². The molecule has 2 amide bonds. The molecule has 0 aliphatic carbocycles. The average Bonchev–Trinajstić information content (AvgIpc) is 2.92. The van der Waals surface area contributed by atoms with Crippen LogP contribution in [0.5, 0.6) is 0 Å². The Morgan fingerprint density at radius 2 is 1.92 bits per heavy atom. The third-order valence-electron chi connectivity index (χ3n) is 4.21. The minimum absolute atomic E-state index is 0.0625. The summed E-state index contributed by atoms with van der Waals surface area (Å²) in [6.45, 7) is 2.00. The lowest BCUT2D eigenvalue weighted by atomic mass is 10.1. The molecule has 1 atom stereocenters. The highest BCUT2D eigenvalue weighted by Gasteiger charge is 2.30. The highest BCUT2D eigenvalue weighted by Crippen LogP contribution is 2.25. The summed E-state index contributed by atoms with van der Waals surface area (Å²) in [5.41, 5.74) is 0.588. The Morgan fingerprint density at radius 3 is 2.54 bits per heavy atom. The Balaban J connectivity index is 1.72. The van der Waals surface area contributed by atoms with Crippen LogP contribution in [0.1, 0.15) is 11.9 Å². The molecule has 1 aromatic carbocycles. The molecule has 2 aromatic rings. The normalized spacial score (nSPS) is 18.7. The molecule has 3 rings (SSSR count). The maximum atomic E-state index is 12.6. The van der Waals surface area contributed by atoms with Gasteiger partial charge in [0.2, 0.25) is 0 Å². The minimum atomic E-state index is -0.166. The number of benzene rings is 1. The predicted octanol–water partition coefficient (Wildman–Crippen LogP) is 3.25. The van der Waals surface area contributed by atoms with Crippen molar-refractivity contribution in [3.05, 3.63) is 46.5 Å². The number of hydrogen-bond donors (Lipinski definition) is 1. The number of rotatable bonds is 2. The Kier molecular flexibility index (Phi) is 4.99. The van der Waals surface area contributed by atoms with Crippen LogP contribution >= 0.6 is 23.2 Å². The van der Waals surface area contributed by atoms with Crippen LogP contribution in [0, 0.1) is 0 Å². The molecule has 0 bridgehead atoms. The van der Waals surface area contributed by atoms with Crippen molar-refractivity contribution in [2.75, 3.05) is 32.0 Å². The van der Waals surface area contributed by atoms with Crippen molar-refractivity contribution in [1.82, 2.24) is 19.4 Å². The fraction of sp³-hybridized carbons (Fsp3) is 0.375. The number of halogens is 2. The summed E-state index contributed by atoms with van der Waals surface area (Å²) in [4.78, 5) is 21.0. The zero-order valence-electron chi connectivity index (χ0n) is 13.5. The van der Waals surface area contributed by atoms with Crippen LogP contribution in [-0.4, -0.2) is 52.1 Å². The second-order valence-corrected chi connectivity index (χ2v) is 6.80. The smallest absolute Gasteiger partial charge is 0.321 e. The van der Waals surface area contributed by atoms with Gasteiger partial charge in [-0.2, -0.15) is 0 Å². The van der Waals surface area contributed by atoms with Crippen molar-refractivity contribution in [1.29, 1.82) is 0 Å². The van der Waals surface area contributed by atoms with Crippen LogP contribution in [0.2, 0.25) is 10.0 Å². The van der Waals surface area contributed by atoms with E-state index in [0.29, 0.717) is 28.8 Å². The van der Waals surface area contributed by atoms with Crippen molar-refractivity contribution in [3.8, 4) is 0 Å². The van der Waals surface area contributed by atoms with Crippen LogP contribution in [0.4, 0.5) is 10.5 Å². The molecule has 1 unspecified atom stereocenters. The molecule has 128 valence electrons. The molecule has 0 spiro atoms. The quantitative estimate of drug-likeness (QED) is 0.886. The van der Waals surface area contributed by atoms with E-state index in [2.05, 4.69) is 15.2 Å². The molecule has 8 heteroatoms. The number of aryl methyl sites for hydroxylation is 1. The zero-order chi connectivity index (χ0) is 17.3. The molecule has 2 heterocycles. The van der Waals surface area contributed by atoms with E-state index in [1.54, 1.807) is 29.3 Å². The van der Waals surface area contributed by atoms with Gasteiger partial charge in [-0.05, 0) is 25.2 Å². The molecule has 6 nitrogen and oxygen atoms in total. The summed E-state index contributed by atoms with van der Waals surface area (Å²) >= 11 is 12.0. The number of carbonyl (C=O) groups is 1. The second-order valence-electron chi connectivity index (χ2n) is 5.93. The molecule has 1 aliphatic rings. The molecule has 24 heavy (non-hydrogen) atoms. The SMILES string of the molecule is CN1CCN(C(=O)Nc2cc(Cl)cc(Cl)c2)CC1c1nccn1C. The predicted molar refractivity (Wildman–Crippen MR) is 95.6 cm³/mol. The Morgan fingerprint density at radius 1 is 1.21 bits per heavy atom. The van der Waals surface area contributed by atoms with Crippen molar-refractivity contribution in [2.24, 2.45) is 7.05 Å². The molecule has 1 saturated heterocycles. The first kappa shape index (κ1) is 17.1. The van der Waals surface area contributed by atoms with Crippen LogP contribution in [0.25, 0.3) is 0 Å². The maximum absolute atomic E-state index is 12.6. The van der Waals surface area contributed by atoms with Gasteiger partial charge in [0.05, 0.1) is 6.04 Å². The third-order valence-corrected chi connectivity index (χ3v) is 4.64. The fourth-order valence-electron chi connectivity index (χ4n) is 2.86. The van der Waals surface area contributed by atoms with Crippen molar-refractivity contribution < 1.29 is 4.79 Å². The highest BCUT2D eigenvalue weighted by molar-refractivity contribution is 6.35. The first-order chi connectivity index (χ1) is 11.4. The lowest BCUT2D eigenvalue weighted by Crippen LogP contribution is -2.50. The minimum Gasteiger partial charge on any atom is -0.337 e. The van der Waals surface area contributed by atoms with E-state index in [1.807, 2.05) is 24.9 Å². The monoisotopic (exact) mass is 367 g/mol. The number of urea groups is 1. The van der Waals surface area contributed by atoms with E-state index in [9.17, 15) is 4.79 Å². The Labute approximate surface area is 151 Å². The first-order valence-corrected chi connectivity index (χ1v) is 8.39. The van der Waals surface area contributed by atoms with Gasteiger partial charge in [0.1, 0.15) is 5.82 Å². The Hall–Kier alpha value is -1.76. The molecular weight excluding hydrogens is 349 g/mol. The number of amides is 2. The lowest BCUT2D eigenvalue weighted by Gasteiger charge is -2.38. The van der Waals surface area contributed by atoms with Gasteiger partial charge in [-0.1, -0.05) is 23.2 Å². The fourth-order valence-corrected chi connectivity index (χ4v) is 3.39. The largest absolute Gasteiger partial charge is 0.337 e. The molecular formula is C16H19Cl2N5O. The number of nitrogens with zero attached hydrogens (tertiary/aromatic N) is 4. The van der Waals surface area contributed by atoms with Gasteiger partial charge in [0.15, 0.2) is 0 Å². The van der Waals surface area contributed by atoms with Crippen LogP contribution in [0.15, 0.2) is 30.6 Å². The van der Waals surface area contributed by atoms with E-state index in [4.69, 9.17) is 23.2 Å². The van der Waals surface area contributed by atoms with E-state index in [-0.39, 0.29) is 12.1 Å². The maximum Gasteiger partial charge on any atom is 0.321 e. The van der Waals surface area contributed by atoms with Crippen molar-refractivity contribution in [2.45, 2.75) is 6.04 Å². The number of likely N-dealkylation sites (N-methyl/N-ethyl adjacent to an activating group) is 1. The van der Waals surface area contributed by atoms with Gasteiger partial charge >= 0.3 is 6.03 Å². The van der Waals surface area contributed by atoms with Crippen molar-refractivity contribution in [3.63, 3.8) is 0 Å². The van der Waals surface area contributed by atoms with Crippen LogP contribution in [0.3, 0.4) is 0 Å². The number of hydrogen-bond acceptors (Lipinski definition) is 3. The van der Waals surface area contributed by atoms with Gasteiger partial charge in [-0.15, -0.1) is 0 Å². The van der Waals surface area contributed by atoms with E-state index < -0.39 is 0 Å². The van der Waals surface area contributed by atoms with E-state index in [0.717, 1.165) is 12.4 Å². The summed E-state index contributed by atoms with van der Waals surface area (Å²) in [7, 11) is 4.01. The van der Waals surface area contributed by atoms with E-state index in [1.165, 1.54) is 0 Å². The summed E-state index contributed by atoms with van der Waals surface area (Å²) in [5, 5.41) is 3.84. The molecule has 1 N–H and O–H groups in total. The van der Waals surface area contributed by atoms with Gasteiger partial charge in [-0.25, -0.2) is 9.78 Å². The molecule has 0 saturated carbocycles. The number of anilines is 1. The summed E-state index contributed by atoms with van der Waals surface area (Å²) in [6.07, 6.45) is 3.69. The molecule has 0 radical (unpaired) electrons. The van der Waals surface area contributed by atoms with Crippen molar-refractivity contribution >= 4 is 34.9 Å². The van der Waals surface area contributed by atoms with Crippen LogP contribution < -0.4 is 5.32 Å². The number of imidazole rings is 1. The summed E-state index contributed by atoms with van der Waals surface area (Å²) < 4.78 is 1.99. The topological polar surface area (TPSA) is 53.4 Å². The van der Waals surface area contributed by atoms with Gasteiger partial charge in [0, 0.05) is 54.8 Å². The first-order valence-electron chi connectivity index (χ1n) is 7.63. The van der Waals surface area contributed by atoms with Gasteiger partial charge in [0.25, 0.3) is 0 Å². The molecule has 1 aliphatic heterocycles. The second kappa shape index (κ2) is 7.01. The molecule has 1 fully saturated rings. The Bertz CT molecular complexity index is 728. The summed E-state index contributed by atoms with van der Waals surface area (Å²) in [5.74, 6) is 0.945. The highest BCUT2D eigenvalue weighted by atomic mass is 35.5. The number of carbonyl (C=O) groups excluding carboxylic acids is 1. The number of piperazine rings is 1. The standard InChI is InChI=1S/C16H19Cl2N5O/c1-21-5-6-23(10-14(21)15-19-3-4-22(15)2)16(24)20-13-8-11(17)7-12(18)9-13/h3-4,7-9,14H,5-6,10H2,1-2H3,(H,20,24). The van der Waals surface area contributed by atoms with E-state index >= 15 is 0 Å². The van der Waals surface area contributed by atoms with Gasteiger partial charge < -0.3 is 14.8 Å². The summed E-state index contributed by atoms with van der Waals surface area (Å²) in [6, 6.07) is 4.88. The number of aromatic nitrogens is 2. The average molecular weight is 368 g/mol. The lowest BCUT2D eigenvalue weighted by molar-refractivity contribution is 0.110. The number of nitrogens with one attached hydrogen (secondary N) is 1. The van der Waals surface area contributed by atoms with Crippen LogP contribution in [-0.2, 0) is 7.05 Å². The third kappa shape index (κ3) is 3.66.